The Labute approximate surface area is 146 Å². The number of carbonyl (C=O) groups is 2. The van der Waals surface area contributed by atoms with Gasteiger partial charge in [-0.3, -0.25) is 9.59 Å². The van der Waals surface area contributed by atoms with E-state index in [9.17, 15) is 9.59 Å². The predicted molar refractivity (Wildman–Crippen MR) is 91.0 cm³/mol. The van der Waals surface area contributed by atoms with Crippen molar-refractivity contribution in [1.82, 2.24) is 20.4 Å². The van der Waals surface area contributed by atoms with Crippen molar-refractivity contribution in [1.29, 1.82) is 0 Å². The summed E-state index contributed by atoms with van der Waals surface area (Å²) in [4.78, 5) is 26.1. The van der Waals surface area contributed by atoms with E-state index in [1.807, 2.05) is 6.07 Å². The molecule has 3 rings (SSSR count). The molecule has 7 heteroatoms. The molecule has 1 aliphatic heterocycles. The molecular formula is C18H20N4O3. The van der Waals surface area contributed by atoms with Gasteiger partial charge in [-0.15, -0.1) is 5.10 Å². The van der Waals surface area contributed by atoms with Gasteiger partial charge in [0.15, 0.2) is 0 Å². The number of nitrogens with zero attached hydrogens (tertiary/aromatic N) is 3. The second-order valence-corrected chi connectivity index (χ2v) is 5.83. The molecule has 25 heavy (non-hydrogen) atoms. The highest BCUT2D eigenvalue weighted by Crippen LogP contribution is 2.16. The highest BCUT2D eigenvalue weighted by Gasteiger charge is 2.25. The Morgan fingerprint density at radius 1 is 1.20 bits per heavy atom. The normalized spacial score (nSPS) is 17.0. The monoisotopic (exact) mass is 340 g/mol. The van der Waals surface area contributed by atoms with Crippen molar-refractivity contribution in [2.75, 3.05) is 19.6 Å². The van der Waals surface area contributed by atoms with Crippen LogP contribution in [-0.2, 0) is 4.79 Å². The number of hydrogen-bond donors (Lipinski definition) is 1. The van der Waals surface area contributed by atoms with Crippen LogP contribution in [0.5, 0.6) is 5.88 Å². The second-order valence-electron chi connectivity index (χ2n) is 5.83. The lowest BCUT2D eigenvalue weighted by Crippen LogP contribution is -2.48. The maximum absolute atomic E-state index is 12.4. The Morgan fingerprint density at radius 3 is 2.80 bits per heavy atom. The van der Waals surface area contributed by atoms with Crippen molar-refractivity contribution in [2.24, 2.45) is 0 Å². The van der Waals surface area contributed by atoms with Gasteiger partial charge in [0.25, 0.3) is 5.91 Å². The number of nitrogens with one attached hydrogen (secondary N) is 1. The first-order chi connectivity index (χ1) is 12.2. The third-order valence-electron chi connectivity index (χ3n) is 4.00. The van der Waals surface area contributed by atoms with Crippen LogP contribution in [0.4, 0.5) is 0 Å². The summed E-state index contributed by atoms with van der Waals surface area (Å²) in [5, 5.41) is 10.3. The van der Waals surface area contributed by atoms with Crippen molar-refractivity contribution in [2.45, 2.75) is 18.9 Å². The van der Waals surface area contributed by atoms with Crippen molar-refractivity contribution in [3.05, 3.63) is 54.2 Å². The molecule has 130 valence electrons. The van der Waals surface area contributed by atoms with Crippen LogP contribution in [0.15, 0.2) is 48.7 Å². The van der Waals surface area contributed by atoms with Gasteiger partial charge in [-0.2, -0.15) is 5.10 Å². The summed E-state index contributed by atoms with van der Waals surface area (Å²) >= 11 is 0. The SMILES string of the molecule is O=C(NCC(=O)N1CCCC(Oc2cccnn2)C1)c1ccccc1. The fourth-order valence-corrected chi connectivity index (χ4v) is 2.74. The summed E-state index contributed by atoms with van der Waals surface area (Å²) in [7, 11) is 0. The van der Waals surface area contributed by atoms with E-state index in [1.165, 1.54) is 0 Å². The number of benzene rings is 1. The Hall–Kier alpha value is -2.96. The zero-order valence-electron chi connectivity index (χ0n) is 13.8. The summed E-state index contributed by atoms with van der Waals surface area (Å²) in [6, 6.07) is 12.3. The van der Waals surface area contributed by atoms with E-state index in [0.717, 1.165) is 12.8 Å². The van der Waals surface area contributed by atoms with E-state index >= 15 is 0 Å². The molecule has 1 atom stereocenters. The highest BCUT2D eigenvalue weighted by atomic mass is 16.5. The molecule has 1 aliphatic rings. The smallest absolute Gasteiger partial charge is 0.251 e. The van der Waals surface area contributed by atoms with Crippen LogP contribution in [0.25, 0.3) is 0 Å². The quantitative estimate of drug-likeness (QED) is 0.886. The molecule has 2 aromatic rings. The average molecular weight is 340 g/mol. The van der Waals surface area contributed by atoms with Crippen LogP contribution in [-0.4, -0.2) is 52.6 Å². The van der Waals surface area contributed by atoms with E-state index in [-0.39, 0.29) is 24.5 Å². The molecule has 1 aromatic heterocycles. The molecule has 1 saturated heterocycles. The lowest BCUT2D eigenvalue weighted by molar-refractivity contribution is -0.132. The average Bonchev–Trinajstić information content (AvgIpc) is 2.67. The predicted octanol–water partition coefficient (Wildman–Crippen LogP) is 1.28. The molecule has 0 bridgehead atoms. The number of carbonyl (C=O) groups excluding carboxylic acids is 2. The van der Waals surface area contributed by atoms with Gasteiger partial charge in [-0.25, -0.2) is 0 Å². The van der Waals surface area contributed by atoms with Crippen LogP contribution in [0.1, 0.15) is 23.2 Å². The lowest BCUT2D eigenvalue weighted by Gasteiger charge is -2.32. The van der Waals surface area contributed by atoms with Gasteiger partial charge in [0, 0.05) is 24.4 Å². The van der Waals surface area contributed by atoms with Gasteiger partial charge in [0.1, 0.15) is 6.10 Å². The molecule has 7 nitrogen and oxygen atoms in total. The molecule has 1 aromatic carbocycles. The second kappa shape index (κ2) is 8.23. The third-order valence-corrected chi connectivity index (χ3v) is 4.00. The topological polar surface area (TPSA) is 84.4 Å². The zero-order chi connectivity index (χ0) is 17.5. The largest absolute Gasteiger partial charge is 0.471 e. The van der Waals surface area contributed by atoms with Crippen LogP contribution in [0.3, 0.4) is 0 Å². The summed E-state index contributed by atoms with van der Waals surface area (Å²) in [6.45, 7) is 1.13. The van der Waals surface area contributed by atoms with E-state index < -0.39 is 0 Å². The van der Waals surface area contributed by atoms with Crippen LogP contribution in [0.2, 0.25) is 0 Å². The Balaban J connectivity index is 1.49. The number of aromatic nitrogens is 2. The van der Waals surface area contributed by atoms with Crippen molar-refractivity contribution in [3.63, 3.8) is 0 Å². The highest BCUT2D eigenvalue weighted by molar-refractivity contribution is 5.96. The summed E-state index contributed by atoms with van der Waals surface area (Å²) in [6.07, 6.45) is 3.18. The standard InChI is InChI=1S/C18H20N4O3/c23-17(12-19-18(24)14-6-2-1-3-7-14)22-11-5-8-15(13-22)25-16-9-4-10-20-21-16/h1-4,6-7,9-10,15H,5,8,11-13H2,(H,19,24). The van der Waals surface area contributed by atoms with Crippen molar-refractivity contribution >= 4 is 11.8 Å². The maximum Gasteiger partial charge on any atom is 0.251 e. The number of likely N-dealkylation sites (tertiary alicyclic amines) is 1. The first-order valence-corrected chi connectivity index (χ1v) is 8.28. The summed E-state index contributed by atoms with van der Waals surface area (Å²) in [5.74, 6) is 0.0919. The van der Waals surface area contributed by atoms with Gasteiger partial charge in [-0.1, -0.05) is 18.2 Å². The molecule has 1 unspecified atom stereocenters. The lowest BCUT2D eigenvalue weighted by atomic mass is 10.1. The van der Waals surface area contributed by atoms with Crippen molar-refractivity contribution < 1.29 is 14.3 Å². The van der Waals surface area contributed by atoms with E-state index in [2.05, 4.69) is 15.5 Å². The minimum Gasteiger partial charge on any atom is -0.471 e. The molecule has 1 fully saturated rings. The fourth-order valence-electron chi connectivity index (χ4n) is 2.74. The van der Waals surface area contributed by atoms with E-state index in [4.69, 9.17) is 4.74 Å². The van der Waals surface area contributed by atoms with Crippen molar-refractivity contribution in [3.8, 4) is 5.88 Å². The molecule has 0 aliphatic carbocycles. The molecule has 0 saturated carbocycles. The number of hydrogen-bond acceptors (Lipinski definition) is 5. The number of ether oxygens (including phenoxy) is 1. The summed E-state index contributed by atoms with van der Waals surface area (Å²) in [5.41, 5.74) is 0.540. The van der Waals surface area contributed by atoms with Gasteiger partial charge in [-0.05, 0) is 31.0 Å². The first kappa shape index (κ1) is 16.9. The van der Waals surface area contributed by atoms with Gasteiger partial charge >= 0.3 is 0 Å². The fraction of sp³-hybridized carbons (Fsp3) is 0.333. The van der Waals surface area contributed by atoms with Crippen LogP contribution in [0, 0.1) is 0 Å². The van der Waals surface area contributed by atoms with Crippen LogP contribution >= 0.6 is 0 Å². The molecular weight excluding hydrogens is 320 g/mol. The maximum atomic E-state index is 12.4. The Bertz CT molecular complexity index is 709. The molecule has 2 amide bonds. The number of piperidine rings is 1. The van der Waals surface area contributed by atoms with Gasteiger partial charge < -0.3 is 15.0 Å². The van der Waals surface area contributed by atoms with E-state index in [0.29, 0.717) is 24.5 Å². The first-order valence-electron chi connectivity index (χ1n) is 8.28. The molecule has 0 radical (unpaired) electrons. The minimum absolute atomic E-state index is 0.0222. The molecule has 0 spiro atoms. The molecule has 1 N–H and O–H groups in total. The minimum atomic E-state index is -0.252. The zero-order valence-corrected chi connectivity index (χ0v) is 13.8. The Morgan fingerprint density at radius 2 is 2.04 bits per heavy atom. The van der Waals surface area contributed by atoms with E-state index in [1.54, 1.807) is 47.5 Å². The van der Waals surface area contributed by atoms with Gasteiger partial charge in [0.2, 0.25) is 11.8 Å². The van der Waals surface area contributed by atoms with Crippen LogP contribution < -0.4 is 10.1 Å². The van der Waals surface area contributed by atoms with Gasteiger partial charge in [0.05, 0.1) is 13.1 Å². The number of rotatable bonds is 5. The third kappa shape index (κ3) is 4.76. The summed E-state index contributed by atoms with van der Waals surface area (Å²) < 4.78 is 5.78. The molecule has 2 heterocycles. The number of amides is 2. The Kier molecular flexibility index (Phi) is 5.56.